The highest BCUT2D eigenvalue weighted by Gasteiger charge is 2.05. The first-order chi connectivity index (χ1) is 14.6. The Labute approximate surface area is 176 Å². The third-order valence-electron chi connectivity index (χ3n) is 4.29. The van der Waals surface area contributed by atoms with Gasteiger partial charge in [0.25, 0.3) is 0 Å². The predicted molar refractivity (Wildman–Crippen MR) is 120 cm³/mol. The molecule has 0 unspecified atom stereocenters. The van der Waals surface area contributed by atoms with E-state index in [0.717, 1.165) is 11.3 Å². The van der Waals surface area contributed by atoms with E-state index in [-0.39, 0.29) is 5.91 Å². The van der Waals surface area contributed by atoms with Crippen molar-refractivity contribution in [2.75, 3.05) is 19.0 Å². The average molecular weight is 403 g/mol. The first-order valence-electron chi connectivity index (χ1n) is 9.72. The largest absolute Gasteiger partial charge is 0.493 e. The molecule has 0 aromatic heterocycles. The van der Waals surface area contributed by atoms with Gasteiger partial charge < -0.3 is 19.5 Å². The third-order valence-corrected chi connectivity index (χ3v) is 4.29. The van der Waals surface area contributed by atoms with Crippen LogP contribution in [0.4, 0.5) is 5.69 Å². The highest BCUT2D eigenvalue weighted by Crippen LogP contribution is 2.28. The van der Waals surface area contributed by atoms with E-state index in [0.29, 0.717) is 29.5 Å². The minimum absolute atomic E-state index is 0.226. The monoisotopic (exact) mass is 403 g/mol. The second kappa shape index (κ2) is 10.2. The Bertz CT molecular complexity index is 1010. The molecule has 3 aromatic rings. The Hall–Kier alpha value is -3.73. The van der Waals surface area contributed by atoms with Crippen LogP contribution in [0.2, 0.25) is 0 Å². The summed E-state index contributed by atoms with van der Waals surface area (Å²) in [6.07, 6.45) is 3.21. The predicted octanol–water partition coefficient (Wildman–Crippen LogP) is 5.85. The number of ether oxygens (including phenoxy) is 3. The number of anilines is 1. The van der Waals surface area contributed by atoms with Gasteiger partial charge in [-0.1, -0.05) is 23.8 Å². The van der Waals surface area contributed by atoms with Crippen molar-refractivity contribution in [3.8, 4) is 23.0 Å². The second-order valence-electron chi connectivity index (χ2n) is 6.61. The minimum Gasteiger partial charge on any atom is -0.493 e. The average Bonchev–Trinajstić information content (AvgIpc) is 2.76. The lowest BCUT2D eigenvalue weighted by Gasteiger charge is -2.09. The molecule has 0 spiro atoms. The number of amides is 1. The van der Waals surface area contributed by atoms with E-state index in [9.17, 15) is 4.79 Å². The van der Waals surface area contributed by atoms with Gasteiger partial charge in [-0.2, -0.15) is 0 Å². The Balaban J connectivity index is 1.59. The molecule has 1 amide bonds. The summed E-state index contributed by atoms with van der Waals surface area (Å²) in [6.45, 7) is 4.47. The van der Waals surface area contributed by atoms with E-state index in [1.807, 2.05) is 68.4 Å². The maximum absolute atomic E-state index is 12.2. The normalized spacial score (nSPS) is 10.6. The fourth-order valence-corrected chi connectivity index (χ4v) is 2.77. The van der Waals surface area contributed by atoms with E-state index in [2.05, 4.69) is 5.32 Å². The van der Waals surface area contributed by atoms with Gasteiger partial charge in [0.05, 0.1) is 13.7 Å². The van der Waals surface area contributed by atoms with Gasteiger partial charge in [0.2, 0.25) is 5.91 Å². The first-order valence-corrected chi connectivity index (χ1v) is 9.72. The molecule has 30 heavy (non-hydrogen) atoms. The molecule has 1 N–H and O–H groups in total. The third kappa shape index (κ3) is 5.88. The Morgan fingerprint density at radius 3 is 2.23 bits per heavy atom. The van der Waals surface area contributed by atoms with Crippen molar-refractivity contribution >= 4 is 17.7 Å². The summed E-state index contributed by atoms with van der Waals surface area (Å²) in [7, 11) is 1.60. The van der Waals surface area contributed by atoms with E-state index in [4.69, 9.17) is 14.2 Å². The van der Waals surface area contributed by atoms with Gasteiger partial charge in [-0.15, -0.1) is 0 Å². The van der Waals surface area contributed by atoms with E-state index in [1.54, 1.807) is 25.3 Å². The minimum atomic E-state index is -0.226. The first kappa shape index (κ1) is 21.0. The number of nitrogens with one attached hydrogen (secondary N) is 1. The molecule has 0 saturated heterocycles. The zero-order valence-electron chi connectivity index (χ0n) is 17.3. The maximum Gasteiger partial charge on any atom is 0.248 e. The van der Waals surface area contributed by atoms with Gasteiger partial charge in [-0.25, -0.2) is 0 Å². The summed E-state index contributed by atoms with van der Waals surface area (Å²) >= 11 is 0. The van der Waals surface area contributed by atoms with Gasteiger partial charge >= 0.3 is 0 Å². The van der Waals surface area contributed by atoms with Crippen LogP contribution in [0.1, 0.15) is 18.1 Å². The number of methoxy groups -OCH3 is 1. The Morgan fingerprint density at radius 2 is 1.60 bits per heavy atom. The van der Waals surface area contributed by atoms with Gasteiger partial charge in [0.1, 0.15) is 11.5 Å². The topological polar surface area (TPSA) is 56.8 Å². The molecular weight excluding hydrogens is 378 g/mol. The van der Waals surface area contributed by atoms with E-state index >= 15 is 0 Å². The van der Waals surface area contributed by atoms with Gasteiger partial charge in [-0.3, -0.25) is 4.79 Å². The summed E-state index contributed by atoms with van der Waals surface area (Å²) in [6, 6.07) is 20.6. The summed E-state index contributed by atoms with van der Waals surface area (Å²) in [4.78, 5) is 12.2. The van der Waals surface area contributed by atoms with Crippen molar-refractivity contribution in [2.24, 2.45) is 0 Å². The van der Waals surface area contributed by atoms with Crippen molar-refractivity contribution in [1.29, 1.82) is 0 Å². The molecule has 0 bridgehead atoms. The molecule has 3 rings (SSSR count). The summed E-state index contributed by atoms with van der Waals surface area (Å²) < 4.78 is 16.6. The molecule has 0 atom stereocenters. The highest BCUT2D eigenvalue weighted by molar-refractivity contribution is 6.02. The maximum atomic E-state index is 12.2. The molecule has 0 radical (unpaired) electrons. The number of hydrogen-bond acceptors (Lipinski definition) is 4. The van der Waals surface area contributed by atoms with Crippen LogP contribution in [0.3, 0.4) is 0 Å². The number of aryl methyl sites for hydroxylation is 1. The standard InChI is InChI=1S/C25H25NO4/c1-4-29-24-17-19(7-15-23(24)28-3)8-16-25(27)26-20-9-13-22(14-10-20)30-21-11-5-18(2)6-12-21/h5-17H,4H2,1-3H3,(H,26,27)/b16-8+. The van der Waals surface area contributed by atoms with E-state index in [1.165, 1.54) is 11.6 Å². The van der Waals surface area contributed by atoms with Crippen LogP contribution < -0.4 is 19.5 Å². The summed E-state index contributed by atoms with van der Waals surface area (Å²) in [5.41, 5.74) is 2.71. The molecular formula is C25H25NO4. The molecule has 0 heterocycles. The van der Waals surface area contributed by atoms with Crippen LogP contribution in [-0.4, -0.2) is 19.6 Å². The lowest BCUT2D eigenvalue weighted by Crippen LogP contribution is -2.07. The SMILES string of the molecule is CCOc1cc(/C=C/C(=O)Nc2ccc(Oc3ccc(C)cc3)cc2)ccc1OC. The fourth-order valence-electron chi connectivity index (χ4n) is 2.77. The quantitative estimate of drug-likeness (QED) is 0.480. The van der Waals surface area contributed by atoms with Gasteiger partial charge in [0.15, 0.2) is 11.5 Å². The molecule has 3 aromatic carbocycles. The van der Waals surface area contributed by atoms with Crippen molar-refractivity contribution in [3.63, 3.8) is 0 Å². The zero-order chi connectivity index (χ0) is 21.3. The molecule has 0 fully saturated rings. The summed E-state index contributed by atoms with van der Waals surface area (Å²) in [5, 5.41) is 2.84. The second-order valence-corrected chi connectivity index (χ2v) is 6.61. The van der Waals surface area contributed by atoms with Crippen molar-refractivity contribution in [3.05, 3.63) is 83.9 Å². The van der Waals surface area contributed by atoms with Crippen LogP contribution in [0.25, 0.3) is 6.08 Å². The molecule has 0 aliphatic heterocycles. The Kier molecular flexibility index (Phi) is 7.11. The number of carbonyl (C=O) groups is 1. The number of benzene rings is 3. The molecule has 0 saturated carbocycles. The highest BCUT2D eigenvalue weighted by atomic mass is 16.5. The number of carbonyl (C=O) groups excluding carboxylic acids is 1. The Morgan fingerprint density at radius 1 is 0.933 bits per heavy atom. The molecule has 0 aliphatic carbocycles. The molecule has 5 nitrogen and oxygen atoms in total. The van der Waals surface area contributed by atoms with Crippen LogP contribution >= 0.6 is 0 Å². The van der Waals surface area contributed by atoms with Crippen molar-refractivity contribution in [2.45, 2.75) is 13.8 Å². The molecule has 0 aliphatic rings. The lowest BCUT2D eigenvalue weighted by atomic mass is 10.2. The van der Waals surface area contributed by atoms with E-state index < -0.39 is 0 Å². The molecule has 154 valence electrons. The van der Waals surface area contributed by atoms with Crippen LogP contribution in [-0.2, 0) is 4.79 Å². The van der Waals surface area contributed by atoms with Crippen LogP contribution in [0.5, 0.6) is 23.0 Å². The fraction of sp³-hybridized carbons (Fsp3) is 0.160. The van der Waals surface area contributed by atoms with Crippen molar-refractivity contribution in [1.82, 2.24) is 0 Å². The lowest BCUT2D eigenvalue weighted by molar-refractivity contribution is -0.111. The van der Waals surface area contributed by atoms with Gasteiger partial charge in [0, 0.05) is 11.8 Å². The van der Waals surface area contributed by atoms with Crippen LogP contribution in [0.15, 0.2) is 72.8 Å². The zero-order valence-corrected chi connectivity index (χ0v) is 17.3. The number of hydrogen-bond donors (Lipinski definition) is 1. The summed E-state index contributed by atoms with van der Waals surface area (Å²) in [5.74, 6) is 2.55. The molecule has 5 heteroatoms. The van der Waals surface area contributed by atoms with Gasteiger partial charge in [-0.05, 0) is 74.0 Å². The van der Waals surface area contributed by atoms with Crippen molar-refractivity contribution < 1.29 is 19.0 Å². The van der Waals surface area contributed by atoms with Crippen LogP contribution in [0, 0.1) is 6.92 Å². The number of rotatable bonds is 8. The smallest absolute Gasteiger partial charge is 0.248 e.